The highest BCUT2D eigenvalue weighted by Gasteiger charge is 2.26. The van der Waals surface area contributed by atoms with Crippen LogP contribution in [0.1, 0.15) is 13.3 Å². The minimum absolute atomic E-state index is 0.0269. The van der Waals surface area contributed by atoms with Crippen LogP contribution in [0.5, 0.6) is 0 Å². The summed E-state index contributed by atoms with van der Waals surface area (Å²) in [6.07, 6.45) is -0.503. The Morgan fingerprint density at radius 1 is 1.50 bits per heavy atom. The van der Waals surface area contributed by atoms with Gasteiger partial charge in [-0.05, 0) is 31.2 Å². The van der Waals surface area contributed by atoms with E-state index in [1.807, 2.05) is 12.1 Å². The summed E-state index contributed by atoms with van der Waals surface area (Å²) in [5.74, 6) is -1.14. The minimum Gasteiger partial charge on any atom is -0.481 e. The van der Waals surface area contributed by atoms with Crippen LogP contribution in [0.4, 0.5) is 10.1 Å². The van der Waals surface area contributed by atoms with Crippen molar-refractivity contribution in [1.82, 2.24) is 0 Å². The summed E-state index contributed by atoms with van der Waals surface area (Å²) in [6.45, 7) is 1.24. The Kier molecular flexibility index (Phi) is 4.29. The highest BCUT2D eigenvalue weighted by molar-refractivity contribution is 9.10. The van der Waals surface area contributed by atoms with Gasteiger partial charge in [0, 0.05) is 16.7 Å². The Labute approximate surface area is 102 Å². The van der Waals surface area contributed by atoms with Crippen LogP contribution in [-0.2, 0) is 4.79 Å². The molecular weight excluding hydrogens is 277 g/mol. The molecule has 0 bridgehead atoms. The lowest BCUT2D eigenvalue weighted by Crippen LogP contribution is -2.31. The molecule has 0 aliphatic heterocycles. The Bertz CT molecular complexity index is 365. The average Bonchev–Trinajstić information content (AvgIpc) is 2.15. The second kappa shape index (κ2) is 5.30. The average molecular weight is 290 g/mol. The van der Waals surface area contributed by atoms with Gasteiger partial charge in [-0.25, -0.2) is 4.39 Å². The number of anilines is 1. The largest absolute Gasteiger partial charge is 0.481 e. The van der Waals surface area contributed by atoms with Crippen molar-refractivity contribution in [3.63, 3.8) is 0 Å². The van der Waals surface area contributed by atoms with Gasteiger partial charge in [0.15, 0.2) is 0 Å². The Morgan fingerprint density at radius 2 is 2.06 bits per heavy atom. The van der Waals surface area contributed by atoms with Gasteiger partial charge in [0.1, 0.15) is 5.67 Å². The van der Waals surface area contributed by atoms with Crippen LogP contribution in [0.2, 0.25) is 0 Å². The second-order valence-electron chi connectivity index (χ2n) is 3.84. The summed E-state index contributed by atoms with van der Waals surface area (Å²) in [5.41, 5.74) is -0.990. The summed E-state index contributed by atoms with van der Waals surface area (Å²) in [4.78, 5) is 10.4. The van der Waals surface area contributed by atoms with Gasteiger partial charge < -0.3 is 10.4 Å². The van der Waals surface area contributed by atoms with E-state index in [0.29, 0.717) is 0 Å². The third kappa shape index (κ3) is 4.61. The van der Waals surface area contributed by atoms with E-state index in [0.717, 1.165) is 10.2 Å². The van der Waals surface area contributed by atoms with E-state index in [9.17, 15) is 9.18 Å². The zero-order chi connectivity index (χ0) is 12.2. The van der Waals surface area contributed by atoms with Crippen molar-refractivity contribution >= 4 is 27.6 Å². The molecule has 0 amide bonds. The summed E-state index contributed by atoms with van der Waals surface area (Å²) < 4.78 is 14.6. The molecule has 0 aliphatic rings. The predicted octanol–water partition coefficient (Wildman–Crippen LogP) is 3.06. The molecule has 88 valence electrons. The van der Waals surface area contributed by atoms with Crippen LogP contribution >= 0.6 is 15.9 Å². The number of hydrogen-bond acceptors (Lipinski definition) is 2. The Balaban J connectivity index is 2.50. The third-order valence-electron chi connectivity index (χ3n) is 2.03. The van der Waals surface area contributed by atoms with Crippen molar-refractivity contribution in [3.05, 3.63) is 28.7 Å². The summed E-state index contributed by atoms with van der Waals surface area (Å²) in [6, 6.07) is 7.24. The molecule has 1 aromatic rings. The molecule has 0 saturated heterocycles. The smallest absolute Gasteiger partial charge is 0.306 e. The van der Waals surface area contributed by atoms with Crippen LogP contribution in [0.15, 0.2) is 28.7 Å². The molecule has 0 aliphatic carbocycles. The first-order valence-corrected chi connectivity index (χ1v) is 5.58. The molecule has 16 heavy (non-hydrogen) atoms. The summed E-state index contributed by atoms with van der Waals surface area (Å²) in [7, 11) is 0. The van der Waals surface area contributed by atoms with Crippen LogP contribution in [-0.4, -0.2) is 23.3 Å². The van der Waals surface area contributed by atoms with Crippen molar-refractivity contribution in [2.45, 2.75) is 19.0 Å². The molecule has 0 heterocycles. The SMILES string of the molecule is CC(F)(CNc1ccc(Br)cc1)CC(=O)O. The fourth-order valence-corrected chi connectivity index (χ4v) is 1.50. The van der Waals surface area contributed by atoms with E-state index >= 15 is 0 Å². The van der Waals surface area contributed by atoms with Gasteiger partial charge >= 0.3 is 5.97 Å². The quantitative estimate of drug-likeness (QED) is 0.876. The van der Waals surface area contributed by atoms with E-state index in [2.05, 4.69) is 21.2 Å². The van der Waals surface area contributed by atoms with Gasteiger partial charge in [0.2, 0.25) is 0 Å². The van der Waals surface area contributed by atoms with E-state index < -0.39 is 18.1 Å². The number of nitrogens with one attached hydrogen (secondary N) is 1. The van der Waals surface area contributed by atoms with Crippen LogP contribution in [0.25, 0.3) is 0 Å². The molecule has 0 aromatic heterocycles. The molecule has 1 rings (SSSR count). The lowest BCUT2D eigenvalue weighted by Gasteiger charge is -2.19. The standard InChI is InChI=1S/C11H13BrFNO2/c1-11(13,6-10(15)16)7-14-9-4-2-8(12)3-5-9/h2-5,14H,6-7H2,1H3,(H,15,16). The van der Waals surface area contributed by atoms with Crippen LogP contribution in [0.3, 0.4) is 0 Å². The molecule has 1 atom stereocenters. The highest BCUT2D eigenvalue weighted by atomic mass is 79.9. The van der Waals surface area contributed by atoms with E-state index in [1.165, 1.54) is 6.92 Å². The van der Waals surface area contributed by atoms with E-state index in [1.54, 1.807) is 12.1 Å². The first kappa shape index (κ1) is 13.0. The van der Waals surface area contributed by atoms with Crippen LogP contribution in [0, 0.1) is 0 Å². The Hall–Kier alpha value is -1.10. The number of alkyl halides is 1. The molecule has 0 radical (unpaired) electrons. The van der Waals surface area contributed by atoms with Gasteiger partial charge in [-0.15, -0.1) is 0 Å². The first-order chi connectivity index (χ1) is 7.39. The minimum atomic E-state index is -1.75. The molecule has 0 spiro atoms. The van der Waals surface area contributed by atoms with Crippen molar-refractivity contribution in [2.24, 2.45) is 0 Å². The number of halogens is 2. The number of carbonyl (C=O) groups is 1. The number of hydrogen-bond donors (Lipinski definition) is 2. The first-order valence-electron chi connectivity index (χ1n) is 4.79. The normalized spacial score (nSPS) is 14.2. The number of rotatable bonds is 5. The molecule has 3 nitrogen and oxygen atoms in total. The maximum atomic E-state index is 13.7. The van der Waals surface area contributed by atoms with E-state index in [4.69, 9.17) is 5.11 Å². The lowest BCUT2D eigenvalue weighted by molar-refractivity contribution is -0.139. The van der Waals surface area contributed by atoms with Gasteiger partial charge in [-0.3, -0.25) is 4.79 Å². The topological polar surface area (TPSA) is 49.3 Å². The third-order valence-corrected chi connectivity index (χ3v) is 2.55. The van der Waals surface area contributed by atoms with Gasteiger partial charge in [0.05, 0.1) is 6.42 Å². The Morgan fingerprint density at radius 3 is 2.56 bits per heavy atom. The summed E-state index contributed by atoms with van der Waals surface area (Å²) in [5, 5.41) is 11.4. The number of aliphatic carboxylic acids is 1. The maximum absolute atomic E-state index is 13.7. The number of carboxylic acids is 1. The number of carboxylic acid groups (broad SMARTS) is 1. The van der Waals surface area contributed by atoms with Gasteiger partial charge in [0.25, 0.3) is 0 Å². The predicted molar refractivity (Wildman–Crippen MR) is 64.4 cm³/mol. The molecule has 5 heteroatoms. The monoisotopic (exact) mass is 289 g/mol. The van der Waals surface area contributed by atoms with Crippen molar-refractivity contribution in [1.29, 1.82) is 0 Å². The fraction of sp³-hybridized carbons (Fsp3) is 0.364. The van der Waals surface area contributed by atoms with E-state index in [-0.39, 0.29) is 6.54 Å². The van der Waals surface area contributed by atoms with Gasteiger partial charge in [-0.1, -0.05) is 15.9 Å². The number of benzene rings is 1. The highest BCUT2D eigenvalue weighted by Crippen LogP contribution is 2.18. The van der Waals surface area contributed by atoms with Crippen molar-refractivity contribution in [3.8, 4) is 0 Å². The zero-order valence-corrected chi connectivity index (χ0v) is 10.4. The molecule has 1 unspecified atom stereocenters. The van der Waals surface area contributed by atoms with Crippen molar-refractivity contribution in [2.75, 3.05) is 11.9 Å². The summed E-state index contributed by atoms with van der Waals surface area (Å²) >= 11 is 3.29. The molecule has 0 saturated carbocycles. The van der Waals surface area contributed by atoms with Crippen LogP contribution < -0.4 is 5.32 Å². The molecule has 2 N–H and O–H groups in total. The maximum Gasteiger partial charge on any atom is 0.306 e. The fourth-order valence-electron chi connectivity index (χ4n) is 1.23. The van der Waals surface area contributed by atoms with Gasteiger partial charge in [-0.2, -0.15) is 0 Å². The zero-order valence-electron chi connectivity index (χ0n) is 8.84. The second-order valence-corrected chi connectivity index (χ2v) is 4.76. The molecular formula is C11H13BrFNO2. The van der Waals surface area contributed by atoms with Crippen molar-refractivity contribution < 1.29 is 14.3 Å². The molecule has 1 aromatic carbocycles. The molecule has 0 fully saturated rings. The lowest BCUT2D eigenvalue weighted by atomic mass is 10.1.